The minimum absolute atomic E-state index is 0.191. The highest BCUT2D eigenvalue weighted by atomic mass is 19.4. The zero-order valence-electron chi connectivity index (χ0n) is 14.6. The topological polar surface area (TPSA) is 37.7 Å². The minimum atomic E-state index is -4.77. The van der Waals surface area contributed by atoms with Crippen molar-refractivity contribution >= 4 is 11.5 Å². The SMILES string of the molecule is FC1(F)CCN(c2cc(C3=NCc4ccc(OC(F)(F)F)cc43)ccn2)CC1. The second-order valence-corrected chi connectivity index (χ2v) is 6.78. The van der Waals surface area contributed by atoms with Gasteiger partial charge in [-0.3, -0.25) is 4.99 Å². The molecule has 1 aromatic carbocycles. The summed E-state index contributed by atoms with van der Waals surface area (Å²) in [7, 11) is 0. The zero-order chi connectivity index (χ0) is 19.9. The number of alkyl halides is 5. The molecule has 0 amide bonds. The lowest BCUT2D eigenvalue weighted by Gasteiger charge is -2.32. The third-order valence-corrected chi connectivity index (χ3v) is 4.82. The molecule has 28 heavy (non-hydrogen) atoms. The number of nitrogens with zero attached hydrogens (tertiary/aromatic N) is 3. The smallest absolute Gasteiger partial charge is 0.406 e. The fourth-order valence-corrected chi connectivity index (χ4v) is 3.41. The maximum absolute atomic E-state index is 13.4. The predicted molar refractivity (Wildman–Crippen MR) is 93.1 cm³/mol. The standard InChI is InChI=1S/C19H16F5N3O/c20-18(21)4-7-27(8-5-18)16-9-12(3-6-25-16)17-15-10-14(28-19(22,23)24)2-1-13(15)11-26-17/h1-3,6,9-10H,4-5,7-8,11H2. The summed E-state index contributed by atoms with van der Waals surface area (Å²) in [5.41, 5.74) is 2.56. The molecule has 4 nitrogen and oxygen atoms in total. The molecule has 2 aliphatic heterocycles. The van der Waals surface area contributed by atoms with E-state index in [4.69, 9.17) is 0 Å². The highest BCUT2D eigenvalue weighted by Crippen LogP contribution is 2.32. The van der Waals surface area contributed by atoms with Gasteiger partial charge in [-0.25, -0.2) is 13.8 Å². The molecule has 1 fully saturated rings. The number of ether oxygens (including phenoxy) is 1. The first-order valence-electron chi connectivity index (χ1n) is 8.73. The Hall–Kier alpha value is -2.71. The molecule has 2 aromatic rings. The van der Waals surface area contributed by atoms with Crippen molar-refractivity contribution in [1.29, 1.82) is 0 Å². The third kappa shape index (κ3) is 3.93. The number of pyridine rings is 1. The molecule has 0 N–H and O–H groups in total. The van der Waals surface area contributed by atoms with Gasteiger partial charge in [0.25, 0.3) is 5.92 Å². The van der Waals surface area contributed by atoms with E-state index in [1.165, 1.54) is 12.1 Å². The Morgan fingerprint density at radius 2 is 1.79 bits per heavy atom. The molecule has 0 spiro atoms. The number of anilines is 1. The number of aromatic nitrogens is 1. The molecule has 4 rings (SSSR count). The third-order valence-electron chi connectivity index (χ3n) is 4.82. The molecule has 0 aliphatic carbocycles. The van der Waals surface area contributed by atoms with E-state index in [1.54, 1.807) is 29.3 Å². The molecule has 0 radical (unpaired) electrons. The van der Waals surface area contributed by atoms with Crippen LogP contribution in [0.1, 0.15) is 29.5 Å². The van der Waals surface area contributed by atoms with Gasteiger partial charge < -0.3 is 9.64 Å². The van der Waals surface area contributed by atoms with E-state index in [0.29, 0.717) is 29.2 Å². The second kappa shape index (κ2) is 6.72. The van der Waals surface area contributed by atoms with Gasteiger partial charge in [0.2, 0.25) is 0 Å². The zero-order valence-corrected chi connectivity index (χ0v) is 14.6. The van der Waals surface area contributed by atoms with Crippen molar-refractivity contribution in [3.05, 3.63) is 53.2 Å². The molecular formula is C19H16F5N3O. The van der Waals surface area contributed by atoms with Crippen LogP contribution in [0.2, 0.25) is 0 Å². The molecule has 3 heterocycles. The van der Waals surface area contributed by atoms with Crippen LogP contribution in [-0.2, 0) is 6.54 Å². The number of hydrogen-bond acceptors (Lipinski definition) is 4. The van der Waals surface area contributed by atoms with Crippen molar-refractivity contribution in [2.75, 3.05) is 18.0 Å². The molecule has 0 saturated carbocycles. The van der Waals surface area contributed by atoms with Gasteiger partial charge in [-0.05, 0) is 29.8 Å². The highest BCUT2D eigenvalue weighted by molar-refractivity contribution is 6.15. The monoisotopic (exact) mass is 397 g/mol. The van der Waals surface area contributed by atoms with Gasteiger partial charge in [-0.2, -0.15) is 0 Å². The summed E-state index contributed by atoms with van der Waals surface area (Å²) in [6.45, 7) is 0.733. The Labute approximate surface area is 157 Å². The summed E-state index contributed by atoms with van der Waals surface area (Å²) >= 11 is 0. The van der Waals surface area contributed by atoms with E-state index in [9.17, 15) is 22.0 Å². The molecule has 9 heteroatoms. The molecular weight excluding hydrogens is 381 g/mol. The van der Waals surface area contributed by atoms with Crippen molar-refractivity contribution in [1.82, 2.24) is 4.98 Å². The predicted octanol–water partition coefficient (Wildman–Crippen LogP) is 4.57. The van der Waals surface area contributed by atoms with E-state index < -0.39 is 12.3 Å². The van der Waals surface area contributed by atoms with Crippen molar-refractivity contribution in [2.45, 2.75) is 31.7 Å². The summed E-state index contributed by atoms with van der Waals surface area (Å²) in [5.74, 6) is -2.42. The largest absolute Gasteiger partial charge is 0.573 e. The quantitative estimate of drug-likeness (QED) is 0.713. The van der Waals surface area contributed by atoms with Crippen LogP contribution < -0.4 is 9.64 Å². The molecule has 148 valence electrons. The van der Waals surface area contributed by atoms with Gasteiger partial charge in [-0.1, -0.05) is 6.07 Å². The summed E-state index contributed by atoms with van der Waals surface area (Å²) in [6, 6.07) is 7.57. The fourth-order valence-electron chi connectivity index (χ4n) is 3.41. The van der Waals surface area contributed by atoms with Crippen LogP contribution in [0.25, 0.3) is 0 Å². The Kier molecular flexibility index (Phi) is 4.47. The van der Waals surface area contributed by atoms with Gasteiger partial charge in [-0.15, -0.1) is 13.2 Å². The molecule has 2 aliphatic rings. The van der Waals surface area contributed by atoms with Crippen LogP contribution in [0.3, 0.4) is 0 Å². The average molecular weight is 397 g/mol. The highest BCUT2D eigenvalue weighted by Gasteiger charge is 2.35. The van der Waals surface area contributed by atoms with E-state index >= 15 is 0 Å². The van der Waals surface area contributed by atoms with Crippen LogP contribution in [0.4, 0.5) is 27.8 Å². The fraction of sp³-hybridized carbons (Fsp3) is 0.368. The maximum atomic E-state index is 13.4. The van der Waals surface area contributed by atoms with Crippen LogP contribution in [0.15, 0.2) is 41.5 Å². The maximum Gasteiger partial charge on any atom is 0.573 e. The van der Waals surface area contributed by atoms with Gasteiger partial charge in [0.15, 0.2) is 0 Å². The Balaban J connectivity index is 1.59. The van der Waals surface area contributed by atoms with Gasteiger partial charge in [0.1, 0.15) is 11.6 Å². The first-order valence-corrected chi connectivity index (χ1v) is 8.73. The number of rotatable bonds is 3. The second-order valence-electron chi connectivity index (χ2n) is 6.78. The first kappa shape index (κ1) is 18.6. The van der Waals surface area contributed by atoms with Gasteiger partial charge in [0, 0.05) is 43.3 Å². The average Bonchev–Trinajstić information content (AvgIpc) is 3.03. The number of hydrogen-bond donors (Lipinski definition) is 0. The van der Waals surface area contributed by atoms with Crippen LogP contribution in [0, 0.1) is 0 Å². The van der Waals surface area contributed by atoms with Gasteiger partial charge >= 0.3 is 6.36 Å². The molecule has 1 saturated heterocycles. The number of halogens is 5. The summed E-state index contributed by atoms with van der Waals surface area (Å²) < 4.78 is 68.3. The summed E-state index contributed by atoms with van der Waals surface area (Å²) in [5, 5.41) is 0. The van der Waals surface area contributed by atoms with E-state index in [1.807, 2.05) is 0 Å². The van der Waals surface area contributed by atoms with Crippen molar-refractivity contribution < 1.29 is 26.7 Å². The Morgan fingerprint density at radius 3 is 2.50 bits per heavy atom. The number of piperidine rings is 1. The Morgan fingerprint density at radius 1 is 1.04 bits per heavy atom. The van der Waals surface area contributed by atoms with Crippen LogP contribution in [0.5, 0.6) is 5.75 Å². The molecule has 1 aromatic heterocycles. The lowest BCUT2D eigenvalue weighted by molar-refractivity contribution is -0.274. The first-order chi connectivity index (χ1) is 13.2. The van der Waals surface area contributed by atoms with Crippen LogP contribution >= 0.6 is 0 Å². The minimum Gasteiger partial charge on any atom is -0.406 e. The van der Waals surface area contributed by atoms with Gasteiger partial charge in [0.05, 0.1) is 12.3 Å². The molecule has 0 bridgehead atoms. The van der Waals surface area contributed by atoms with Crippen molar-refractivity contribution in [2.24, 2.45) is 4.99 Å². The Bertz CT molecular complexity index is 916. The van der Waals surface area contributed by atoms with Crippen molar-refractivity contribution in [3.63, 3.8) is 0 Å². The number of aliphatic imine (C=N–C) groups is 1. The van der Waals surface area contributed by atoms with E-state index in [-0.39, 0.29) is 31.7 Å². The molecule has 0 unspecified atom stereocenters. The lowest BCUT2D eigenvalue weighted by Crippen LogP contribution is -2.39. The summed E-state index contributed by atoms with van der Waals surface area (Å²) in [4.78, 5) is 10.5. The summed E-state index contributed by atoms with van der Waals surface area (Å²) in [6.07, 6.45) is -3.69. The van der Waals surface area contributed by atoms with Crippen LogP contribution in [-0.4, -0.2) is 36.1 Å². The van der Waals surface area contributed by atoms with Crippen molar-refractivity contribution in [3.8, 4) is 5.75 Å². The van der Waals surface area contributed by atoms with E-state index in [2.05, 4.69) is 14.7 Å². The number of fused-ring (bicyclic) bond motifs is 1. The normalized spacial score (nSPS) is 18.6. The lowest BCUT2D eigenvalue weighted by atomic mass is 10.00. The number of benzene rings is 1. The van der Waals surface area contributed by atoms with E-state index in [0.717, 1.165) is 5.56 Å². The molecule has 0 atom stereocenters.